The Morgan fingerprint density at radius 1 is 1.18 bits per heavy atom. The number of carbonyl (C=O) groups excluding carboxylic acids is 1. The Kier molecular flexibility index (Phi) is 4.21. The maximum atomic E-state index is 12.6. The minimum Gasteiger partial charge on any atom is -0.353 e. The first-order valence-electron chi connectivity index (χ1n) is 9.00. The van der Waals surface area contributed by atoms with E-state index in [4.69, 9.17) is 0 Å². The molecule has 1 aromatic carbocycles. The molecule has 0 bridgehead atoms. The van der Waals surface area contributed by atoms with E-state index in [1.165, 1.54) is 11.3 Å². The van der Waals surface area contributed by atoms with Crippen molar-refractivity contribution in [1.29, 1.82) is 0 Å². The van der Waals surface area contributed by atoms with Gasteiger partial charge in [-0.15, -0.1) is 26.6 Å². The second-order valence-electron chi connectivity index (χ2n) is 6.63. The fourth-order valence-corrected chi connectivity index (χ4v) is 4.13. The van der Waals surface area contributed by atoms with Crippen molar-refractivity contribution in [2.75, 3.05) is 18.0 Å². The minimum absolute atomic E-state index is 0.0628. The number of fused-ring (bicyclic) bond motifs is 1. The zero-order valence-electron chi connectivity index (χ0n) is 14.9. The van der Waals surface area contributed by atoms with Gasteiger partial charge in [0.1, 0.15) is 22.8 Å². The molecule has 1 aliphatic rings. The van der Waals surface area contributed by atoms with Crippen LogP contribution in [0.25, 0.3) is 16.2 Å². The summed E-state index contributed by atoms with van der Waals surface area (Å²) in [5, 5.41) is 18.1. The lowest BCUT2D eigenvalue weighted by Crippen LogP contribution is -2.37. The van der Waals surface area contributed by atoms with Crippen molar-refractivity contribution in [1.82, 2.24) is 30.1 Å². The lowest BCUT2D eigenvalue weighted by molar-refractivity contribution is 0.0936. The molecule has 1 fully saturated rings. The maximum absolute atomic E-state index is 12.6. The molecule has 5 rings (SSSR count). The number of hydrogen-bond acceptors (Lipinski definition) is 7. The number of rotatable bonds is 4. The van der Waals surface area contributed by atoms with E-state index in [9.17, 15) is 4.79 Å². The molecule has 4 heterocycles. The highest BCUT2D eigenvalue weighted by Gasteiger charge is 2.26. The van der Waals surface area contributed by atoms with Crippen molar-refractivity contribution >= 4 is 28.7 Å². The number of anilines is 1. The summed E-state index contributed by atoms with van der Waals surface area (Å²) in [4.78, 5) is 19.3. The number of carbonyl (C=O) groups is 1. The quantitative estimate of drug-likeness (QED) is 0.574. The molecule has 4 aromatic rings. The Morgan fingerprint density at radius 3 is 2.96 bits per heavy atom. The van der Waals surface area contributed by atoms with Gasteiger partial charge in [-0.3, -0.25) is 4.79 Å². The Morgan fingerprint density at radius 2 is 2.07 bits per heavy atom. The Hall–Kier alpha value is -3.33. The van der Waals surface area contributed by atoms with Crippen molar-refractivity contribution in [2.45, 2.75) is 12.5 Å². The fraction of sp³-hybridized carbons (Fsp3) is 0.211. The zero-order chi connectivity index (χ0) is 18.9. The van der Waals surface area contributed by atoms with E-state index in [2.05, 4.69) is 30.5 Å². The average Bonchev–Trinajstić information content (AvgIpc) is 3.48. The second-order valence-corrected chi connectivity index (χ2v) is 7.49. The summed E-state index contributed by atoms with van der Waals surface area (Å²) in [6, 6.07) is 13.8. The number of hydrogen-bond donors (Lipinski definition) is 1. The molecule has 0 saturated carbocycles. The van der Waals surface area contributed by atoms with Gasteiger partial charge in [0.05, 0.1) is 0 Å². The summed E-state index contributed by atoms with van der Waals surface area (Å²) < 4.78 is 1.65. The lowest BCUT2D eigenvalue weighted by atomic mass is 10.2. The molecule has 8 nitrogen and oxygen atoms in total. The van der Waals surface area contributed by atoms with Crippen LogP contribution in [0.4, 0.5) is 5.82 Å². The van der Waals surface area contributed by atoms with Gasteiger partial charge in [0, 0.05) is 30.1 Å². The molecule has 9 heteroatoms. The molecule has 28 heavy (non-hydrogen) atoms. The molecule has 1 N–H and O–H groups in total. The van der Waals surface area contributed by atoms with Crippen LogP contribution in [-0.4, -0.2) is 49.8 Å². The van der Waals surface area contributed by atoms with Gasteiger partial charge in [-0.1, -0.05) is 30.3 Å². The number of thiazole rings is 1. The molecule has 1 atom stereocenters. The Labute approximate surface area is 164 Å². The average molecular weight is 391 g/mol. The highest BCUT2D eigenvalue weighted by Crippen LogP contribution is 2.24. The molecule has 1 aliphatic heterocycles. The van der Waals surface area contributed by atoms with Crippen LogP contribution < -0.4 is 10.2 Å². The van der Waals surface area contributed by atoms with Crippen molar-refractivity contribution in [3.05, 3.63) is 59.9 Å². The number of nitrogens with zero attached hydrogens (tertiary/aromatic N) is 6. The molecular formula is C19H17N7OS. The van der Waals surface area contributed by atoms with Crippen LogP contribution >= 0.6 is 11.3 Å². The van der Waals surface area contributed by atoms with Gasteiger partial charge in [0.2, 0.25) is 0 Å². The minimum atomic E-state index is -0.132. The predicted molar refractivity (Wildman–Crippen MR) is 106 cm³/mol. The first-order valence-corrected chi connectivity index (χ1v) is 9.88. The fourth-order valence-electron chi connectivity index (χ4n) is 3.32. The third kappa shape index (κ3) is 3.20. The van der Waals surface area contributed by atoms with E-state index in [0.717, 1.165) is 29.4 Å². The largest absolute Gasteiger partial charge is 0.353 e. The Balaban J connectivity index is 1.24. The molecule has 0 unspecified atom stereocenters. The van der Waals surface area contributed by atoms with Crippen molar-refractivity contribution < 1.29 is 4.79 Å². The van der Waals surface area contributed by atoms with Crippen LogP contribution in [0, 0.1) is 0 Å². The molecule has 1 saturated heterocycles. The van der Waals surface area contributed by atoms with Crippen LogP contribution in [0.2, 0.25) is 0 Å². The highest BCUT2D eigenvalue weighted by atomic mass is 32.1. The van der Waals surface area contributed by atoms with E-state index >= 15 is 0 Å². The number of nitrogens with one attached hydrogen (secondary N) is 1. The van der Waals surface area contributed by atoms with Gasteiger partial charge >= 0.3 is 0 Å². The molecule has 1 amide bonds. The zero-order valence-corrected chi connectivity index (χ0v) is 15.7. The normalized spacial score (nSPS) is 16.6. The van der Waals surface area contributed by atoms with Crippen molar-refractivity contribution in [3.8, 4) is 10.6 Å². The predicted octanol–water partition coefficient (Wildman–Crippen LogP) is 2.26. The SMILES string of the molecule is O=C(N[C@@H]1CCN(c2ccc3nncn3n2)C1)c1csc(-c2ccccc2)n1. The monoisotopic (exact) mass is 391 g/mol. The highest BCUT2D eigenvalue weighted by molar-refractivity contribution is 7.13. The second kappa shape index (κ2) is 7.01. The third-order valence-electron chi connectivity index (χ3n) is 4.75. The van der Waals surface area contributed by atoms with Crippen LogP contribution in [0.3, 0.4) is 0 Å². The van der Waals surface area contributed by atoms with Crippen molar-refractivity contribution in [3.63, 3.8) is 0 Å². The summed E-state index contributed by atoms with van der Waals surface area (Å²) in [6.07, 6.45) is 2.45. The van der Waals surface area contributed by atoms with E-state index in [-0.39, 0.29) is 11.9 Å². The standard InChI is InChI=1S/C19H17N7OS/c27-18(15-11-28-19(22-15)13-4-2-1-3-5-13)21-14-8-9-25(10-14)17-7-6-16-23-20-12-26(16)24-17/h1-7,11-12,14H,8-10H2,(H,21,27)/t14-/m1/s1. The van der Waals surface area contributed by atoms with Crippen LogP contribution in [0.5, 0.6) is 0 Å². The first-order chi connectivity index (χ1) is 13.8. The number of benzene rings is 1. The van der Waals surface area contributed by atoms with E-state index < -0.39 is 0 Å². The van der Waals surface area contributed by atoms with E-state index in [0.29, 0.717) is 17.9 Å². The Bertz CT molecular complexity index is 1120. The smallest absolute Gasteiger partial charge is 0.271 e. The van der Waals surface area contributed by atoms with Crippen LogP contribution in [0.15, 0.2) is 54.2 Å². The summed E-state index contributed by atoms with van der Waals surface area (Å²) in [5.41, 5.74) is 2.20. The van der Waals surface area contributed by atoms with Crippen LogP contribution in [-0.2, 0) is 0 Å². The van der Waals surface area contributed by atoms with Gasteiger partial charge in [-0.05, 0) is 18.6 Å². The molecule has 0 spiro atoms. The summed E-state index contributed by atoms with van der Waals surface area (Å²) >= 11 is 1.48. The molecule has 0 aliphatic carbocycles. The topological polar surface area (TPSA) is 88.3 Å². The molecule has 0 radical (unpaired) electrons. The number of amides is 1. The molecular weight excluding hydrogens is 374 g/mol. The third-order valence-corrected chi connectivity index (χ3v) is 5.64. The van der Waals surface area contributed by atoms with E-state index in [1.54, 1.807) is 10.8 Å². The van der Waals surface area contributed by atoms with Gasteiger partial charge in [0.15, 0.2) is 5.65 Å². The van der Waals surface area contributed by atoms with Gasteiger partial charge in [-0.2, -0.15) is 4.52 Å². The lowest BCUT2D eigenvalue weighted by Gasteiger charge is -2.17. The summed E-state index contributed by atoms with van der Waals surface area (Å²) in [6.45, 7) is 1.54. The first kappa shape index (κ1) is 16.8. The van der Waals surface area contributed by atoms with Crippen LogP contribution in [0.1, 0.15) is 16.9 Å². The van der Waals surface area contributed by atoms with Gasteiger partial charge in [-0.25, -0.2) is 4.98 Å². The van der Waals surface area contributed by atoms with E-state index in [1.807, 2.05) is 47.8 Å². The summed E-state index contributed by atoms with van der Waals surface area (Å²) in [7, 11) is 0. The van der Waals surface area contributed by atoms with Gasteiger partial charge in [0.25, 0.3) is 5.91 Å². The number of aromatic nitrogens is 5. The van der Waals surface area contributed by atoms with Gasteiger partial charge < -0.3 is 10.2 Å². The molecule has 3 aromatic heterocycles. The van der Waals surface area contributed by atoms with Crippen molar-refractivity contribution in [2.24, 2.45) is 0 Å². The molecule has 140 valence electrons. The summed E-state index contributed by atoms with van der Waals surface area (Å²) in [5.74, 6) is 0.719. The maximum Gasteiger partial charge on any atom is 0.271 e.